The molecule has 2 heterocycles. The van der Waals surface area contributed by atoms with Gasteiger partial charge >= 0.3 is 0 Å². The SMILES string of the molecule is C=C1CC(=O)N(c2cc(C)on2)C1. The number of hydrogen-bond donors (Lipinski definition) is 0. The van der Waals surface area contributed by atoms with Gasteiger partial charge in [0, 0.05) is 19.0 Å². The van der Waals surface area contributed by atoms with Crippen molar-refractivity contribution in [2.75, 3.05) is 11.4 Å². The normalized spacial score (nSPS) is 17.2. The van der Waals surface area contributed by atoms with Crippen molar-refractivity contribution in [3.05, 3.63) is 24.0 Å². The van der Waals surface area contributed by atoms with Crippen LogP contribution >= 0.6 is 0 Å². The number of aromatic nitrogens is 1. The first-order valence-electron chi connectivity index (χ1n) is 4.07. The van der Waals surface area contributed by atoms with E-state index in [1.54, 1.807) is 17.9 Å². The Kier molecular flexibility index (Phi) is 1.69. The molecule has 1 aromatic rings. The third kappa shape index (κ3) is 1.35. The number of aryl methyl sites for hydroxylation is 1. The van der Waals surface area contributed by atoms with E-state index in [1.165, 1.54) is 0 Å². The lowest BCUT2D eigenvalue weighted by Crippen LogP contribution is -2.23. The fraction of sp³-hybridized carbons (Fsp3) is 0.333. The van der Waals surface area contributed by atoms with E-state index in [1.807, 2.05) is 0 Å². The van der Waals surface area contributed by atoms with E-state index in [-0.39, 0.29) is 5.91 Å². The summed E-state index contributed by atoms with van der Waals surface area (Å²) in [6, 6.07) is 1.75. The van der Waals surface area contributed by atoms with Crippen LogP contribution in [-0.4, -0.2) is 17.6 Å². The average molecular weight is 178 g/mol. The number of anilines is 1. The third-order valence-electron chi connectivity index (χ3n) is 1.98. The number of carbonyl (C=O) groups is 1. The molecule has 1 aromatic heterocycles. The van der Waals surface area contributed by atoms with Crippen LogP contribution in [0.1, 0.15) is 12.2 Å². The van der Waals surface area contributed by atoms with E-state index in [0.29, 0.717) is 24.5 Å². The molecular weight excluding hydrogens is 168 g/mol. The summed E-state index contributed by atoms with van der Waals surface area (Å²) in [5.74, 6) is 1.33. The Morgan fingerprint density at radius 2 is 2.46 bits per heavy atom. The second-order valence-electron chi connectivity index (χ2n) is 3.20. The summed E-state index contributed by atoms with van der Waals surface area (Å²) >= 11 is 0. The molecule has 1 fully saturated rings. The summed E-state index contributed by atoms with van der Waals surface area (Å²) in [6.45, 7) is 6.12. The maximum Gasteiger partial charge on any atom is 0.232 e. The molecule has 1 aliphatic heterocycles. The Labute approximate surface area is 75.8 Å². The molecule has 0 saturated carbocycles. The fourth-order valence-electron chi connectivity index (χ4n) is 1.37. The zero-order valence-electron chi connectivity index (χ0n) is 7.41. The fourth-order valence-corrected chi connectivity index (χ4v) is 1.37. The Hall–Kier alpha value is -1.58. The van der Waals surface area contributed by atoms with Crippen LogP contribution in [0.3, 0.4) is 0 Å². The van der Waals surface area contributed by atoms with Gasteiger partial charge in [-0.25, -0.2) is 0 Å². The summed E-state index contributed by atoms with van der Waals surface area (Å²) in [5.41, 5.74) is 0.922. The van der Waals surface area contributed by atoms with E-state index >= 15 is 0 Å². The predicted octanol–water partition coefficient (Wildman–Crippen LogP) is 1.28. The van der Waals surface area contributed by atoms with E-state index < -0.39 is 0 Å². The summed E-state index contributed by atoms with van der Waals surface area (Å²) in [5, 5.41) is 3.77. The smallest absolute Gasteiger partial charge is 0.232 e. The molecule has 0 unspecified atom stereocenters. The maximum absolute atomic E-state index is 11.4. The van der Waals surface area contributed by atoms with Crippen molar-refractivity contribution >= 4 is 11.7 Å². The van der Waals surface area contributed by atoms with Crippen LogP contribution in [-0.2, 0) is 4.79 Å². The molecule has 2 rings (SSSR count). The lowest BCUT2D eigenvalue weighted by atomic mass is 10.3. The van der Waals surface area contributed by atoms with Crippen LogP contribution in [0, 0.1) is 6.92 Å². The maximum atomic E-state index is 11.4. The van der Waals surface area contributed by atoms with E-state index in [9.17, 15) is 4.79 Å². The molecule has 0 N–H and O–H groups in total. The van der Waals surface area contributed by atoms with Crippen LogP contribution in [0.25, 0.3) is 0 Å². The van der Waals surface area contributed by atoms with Gasteiger partial charge < -0.3 is 4.52 Å². The molecule has 0 atom stereocenters. The molecule has 1 saturated heterocycles. The first-order valence-corrected chi connectivity index (χ1v) is 4.07. The molecule has 0 aliphatic carbocycles. The highest BCUT2D eigenvalue weighted by Gasteiger charge is 2.26. The number of amides is 1. The van der Waals surface area contributed by atoms with Gasteiger partial charge in [-0.1, -0.05) is 11.7 Å². The van der Waals surface area contributed by atoms with Crippen molar-refractivity contribution in [1.82, 2.24) is 5.16 Å². The predicted molar refractivity (Wildman–Crippen MR) is 47.4 cm³/mol. The van der Waals surface area contributed by atoms with Crippen LogP contribution in [0.4, 0.5) is 5.82 Å². The Morgan fingerprint density at radius 3 is 2.92 bits per heavy atom. The van der Waals surface area contributed by atoms with Crippen molar-refractivity contribution in [1.29, 1.82) is 0 Å². The molecule has 0 bridgehead atoms. The van der Waals surface area contributed by atoms with Crippen LogP contribution in [0.5, 0.6) is 0 Å². The molecule has 0 aromatic carbocycles. The zero-order chi connectivity index (χ0) is 9.42. The molecule has 0 spiro atoms. The van der Waals surface area contributed by atoms with Crippen molar-refractivity contribution in [2.45, 2.75) is 13.3 Å². The van der Waals surface area contributed by atoms with Crippen LogP contribution in [0.15, 0.2) is 22.7 Å². The molecule has 4 nitrogen and oxygen atoms in total. The van der Waals surface area contributed by atoms with Crippen LogP contribution in [0.2, 0.25) is 0 Å². The van der Waals surface area contributed by atoms with Gasteiger partial charge in [-0.3, -0.25) is 9.69 Å². The summed E-state index contributed by atoms with van der Waals surface area (Å²) in [6.07, 6.45) is 0.423. The van der Waals surface area contributed by atoms with Gasteiger partial charge in [-0.05, 0) is 12.5 Å². The number of carbonyl (C=O) groups excluding carboxylic acids is 1. The monoisotopic (exact) mass is 178 g/mol. The minimum absolute atomic E-state index is 0.0401. The first-order chi connectivity index (χ1) is 6.16. The molecule has 1 aliphatic rings. The van der Waals surface area contributed by atoms with Gasteiger partial charge in [0.1, 0.15) is 5.76 Å². The highest BCUT2D eigenvalue weighted by molar-refractivity contribution is 5.97. The molecule has 4 heteroatoms. The highest BCUT2D eigenvalue weighted by atomic mass is 16.5. The molecule has 68 valence electrons. The molecular formula is C9H10N2O2. The average Bonchev–Trinajstić information content (AvgIpc) is 2.58. The Morgan fingerprint density at radius 1 is 1.69 bits per heavy atom. The summed E-state index contributed by atoms with van der Waals surface area (Å²) in [4.78, 5) is 13.0. The highest BCUT2D eigenvalue weighted by Crippen LogP contribution is 2.22. The van der Waals surface area contributed by atoms with Gasteiger partial charge in [-0.15, -0.1) is 0 Å². The largest absolute Gasteiger partial charge is 0.360 e. The first kappa shape index (κ1) is 8.04. The van der Waals surface area contributed by atoms with Gasteiger partial charge in [0.25, 0.3) is 0 Å². The summed E-state index contributed by atoms with van der Waals surface area (Å²) < 4.78 is 4.89. The zero-order valence-corrected chi connectivity index (χ0v) is 7.41. The second kappa shape index (κ2) is 2.73. The van der Waals surface area contributed by atoms with Gasteiger partial charge in [-0.2, -0.15) is 0 Å². The van der Waals surface area contributed by atoms with Crippen molar-refractivity contribution in [3.8, 4) is 0 Å². The third-order valence-corrected chi connectivity index (χ3v) is 1.98. The molecule has 0 radical (unpaired) electrons. The molecule has 1 amide bonds. The van der Waals surface area contributed by atoms with Crippen molar-refractivity contribution < 1.29 is 9.32 Å². The Bertz CT molecular complexity index is 367. The lowest BCUT2D eigenvalue weighted by Gasteiger charge is -2.09. The minimum atomic E-state index is 0.0401. The quantitative estimate of drug-likeness (QED) is 0.608. The minimum Gasteiger partial charge on any atom is -0.360 e. The number of rotatable bonds is 1. The number of nitrogens with zero attached hydrogens (tertiary/aromatic N) is 2. The van der Waals surface area contributed by atoms with E-state index in [2.05, 4.69) is 11.7 Å². The topological polar surface area (TPSA) is 46.3 Å². The van der Waals surface area contributed by atoms with Gasteiger partial charge in [0.15, 0.2) is 5.82 Å². The van der Waals surface area contributed by atoms with Crippen LogP contribution < -0.4 is 4.90 Å². The van der Waals surface area contributed by atoms with Gasteiger partial charge in [0.2, 0.25) is 5.91 Å². The number of hydrogen-bond acceptors (Lipinski definition) is 3. The van der Waals surface area contributed by atoms with Crippen molar-refractivity contribution in [3.63, 3.8) is 0 Å². The van der Waals surface area contributed by atoms with E-state index in [0.717, 1.165) is 5.57 Å². The second-order valence-corrected chi connectivity index (χ2v) is 3.20. The molecule has 13 heavy (non-hydrogen) atoms. The lowest BCUT2D eigenvalue weighted by molar-refractivity contribution is -0.116. The summed E-state index contributed by atoms with van der Waals surface area (Å²) in [7, 11) is 0. The van der Waals surface area contributed by atoms with Gasteiger partial charge in [0.05, 0.1) is 0 Å². The van der Waals surface area contributed by atoms with E-state index in [4.69, 9.17) is 4.52 Å². The van der Waals surface area contributed by atoms with Crippen molar-refractivity contribution in [2.24, 2.45) is 0 Å². The Balaban J connectivity index is 2.27. The standard InChI is InChI=1S/C9H10N2O2/c1-6-3-9(12)11(5-6)8-4-7(2)13-10-8/h4H,1,3,5H2,2H3.